The van der Waals surface area contributed by atoms with Crippen LogP contribution in [-0.4, -0.2) is 33.9 Å². The smallest absolute Gasteiger partial charge is 0.191 e. The SMILES string of the molecule is CN=C(NCCCn1ccc2ccccc21)NCc1ccccc1Cn1cccn1.I. The van der Waals surface area contributed by atoms with Crippen LogP contribution in [0.4, 0.5) is 0 Å². The number of halogens is 1. The van der Waals surface area contributed by atoms with E-state index in [1.54, 1.807) is 0 Å². The summed E-state index contributed by atoms with van der Waals surface area (Å²) in [6, 6.07) is 21.1. The lowest BCUT2D eigenvalue weighted by atomic mass is 10.1. The molecule has 2 N–H and O–H groups in total. The Morgan fingerprint density at radius 1 is 0.935 bits per heavy atom. The monoisotopic (exact) mass is 528 g/mol. The summed E-state index contributed by atoms with van der Waals surface area (Å²) in [7, 11) is 1.81. The second-order valence-electron chi connectivity index (χ2n) is 7.25. The van der Waals surface area contributed by atoms with Gasteiger partial charge in [0.25, 0.3) is 0 Å². The Kier molecular flexibility index (Phi) is 8.52. The second kappa shape index (κ2) is 11.5. The number of aryl methyl sites for hydroxylation is 1. The zero-order valence-corrected chi connectivity index (χ0v) is 20.1. The number of benzene rings is 2. The van der Waals surface area contributed by atoms with Crippen molar-refractivity contribution in [3.8, 4) is 0 Å². The number of fused-ring (bicyclic) bond motifs is 1. The highest BCUT2D eigenvalue weighted by Crippen LogP contribution is 2.15. The quantitative estimate of drug-likeness (QED) is 0.156. The van der Waals surface area contributed by atoms with Gasteiger partial charge in [-0.25, -0.2) is 0 Å². The number of aromatic nitrogens is 3. The molecule has 6 nitrogen and oxygen atoms in total. The van der Waals surface area contributed by atoms with E-state index in [-0.39, 0.29) is 24.0 Å². The van der Waals surface area contributed by atoms with Crippen LogP contribution in [0.25, 0.3) is 10.9 Å². The predicted octanol–water partition coefficient (Wildman–Crippen LogP) is 4.26. The molecule has 2 heterocycles. The molecular weight excluding hydrogens is 499 g/mol. The van der Waals surface area contributed by atoms with Crippen LogP contribution in [0.5, 0.6) is 0 Å². The van der Waals surface area contributed by atoms with Crippen LogP contribution < -0.4 is 10.6 Å². The number of nitrogens with one attached hydrogen (secondary N) is 2. The van der Waals surface area contributed by atoms with E-state index in [9.17, 15) is 0 Å². The molecule has 0 aliphatic rings. The molecule has 0 radical (unpaired) electrons. The van der Waals surface area contributed by atoms with Crippen molar-refractivity contribution in [1.29, 1.82) is 0 Å². The maximum absolute atomic E-state index is 4.36. The molecule has 2 aromatic carbocycles. The van der Waals surface area contributed by atoms with Crippen LogP contribution in [0.15, 0.2) is 84.2 Å². The highest BCUT2D eigenvalue weighted by atomic mass is 127. The molecule has 0 atom stereocenters. The highest BCUT2D eigenvalue weighted by molar-refractivity contribution is 14.0. The largest absolute Gasteiger partial charge is 0.356 e. The summed E-state index contributed by atoms with van der Waals surface area (Å²) in [6.45, 7) is 3.33. The van der Waals surface area contributed by atoms with Crippen molar-refractivity contribution in [3.05, 3.63) is 90.4 Å². The third-order valence-electron chi connectivity index (χ3n) is 5.23. The first-order valence-electron chi connectivity index (χ1n) is 10.4. The van der Waals surface area contributed by atoms with Gasteiger partial charge in [-0.1, -0.05) is 42.5 Å². The lowest BCUT2D eigenvalue weighted by Crippen LogP contribution is -2.37. The van der Waals surface area contributed by atoms with Gasteiger partial charge in [0.15, 0.2) is 5.96 Å². The summed E-state index contributed by atoms with van der Waals surface area (Å²) in [5, 5.41) is 12.5. The summed E-state index contributed by atoms with van der Waals surface area (Å²) in [6.07, 6.45) is 6.98. The van der Waals surface area contributed by atoms with Crippen molar-refractivity contribution >= 4 is 40.8 Å². The fourth-order valence-corrected chi connectivity index (χ4v) is 3.64. The number of nitrogens with zero attached hydrogens (tertiary/aromatic N) is 4. The summed E-state index contributed by atoms with van der Waals surface area (Å²) >= 11 is 0. The molecule has 0 aliphatic heterocycles. The van der Waals surface area contributed by atoms with E-state index in [2.05, 4.69) is 86.1 Å². The molecule has 2 aromatic heterocycles. The Labute approximate surface area is 200 Å². The summed E-state index contributed by atoms with van der Waals surface area (Å²) in [4.78, 5) is 4.36. The topological polar surface area (TPSA) is 59.2 Å². The Morgan fingerprint density at radius 3 is 2.55 bits per heavy atom. The van der Waals surface area contributed by atoms with Gasteiger partial charge in [0.2, 0.25) is 0 Å². The van der Waals surface area contributed by atoms with Gasteiger partial charge in [-0.3, -0.25) is 9.67 Å². The third kappa shape index (κ3) is 6.10. The van der Waals surface area contributed by atoms with Crippen LogP contribution in [-0.2, 0) is 19.6 Å². The minimum Gasteiger partial charge on any atom is -0.356 e. The molecule has 4 rings (SSSR count). The standard InChI is InChI=1S/C24H28N6.HI/c1-25-24(26-13-6-15-29-17-12-20-8-4-5-11-23(20)29)27-18-21-9-2-3-10-22(21)19-30-16-7-14-28-30;/h2-5,7-12,14,16-17H,6,13,15,18-19H2,1H3,(H2,25,26,27);1H. The summed E-state index contributed by atoms with van der Waals surface area (Å²) in [5.74, 6) is 0.821. The molecule has 0 fully saturated rings. The van der Waals surface area contributed by atoms with Crippen LogP contribution >= 0.6 is 24.0 Å². The lowest BCUT2D eigenvalue weighted by Gasteiger charge is -2.15. The van der Waals surface area contributed by atoms with Gasteiger partial charge in [0, 0.05) is 50.8 Å². The van der Waals surface area contributed by atoms with E-state index < -0.39 is 0 Å². The third-order valence-corrected chi connectivity index (χ3v) is 5.23. The summed E-state index contributed by atoms with van der Waals surface area (Å²) < 4.78 is 4.25. The Hall–Kier alpha value is -2.81. The molecule has 0 spiro atoms. The van der Waals surface area contributed by atoms with Crippen LogP contribution in [0, 0.1) is 0 Å². The van der Waals surface area contributed by atoms with Crippen LogP contribution in [0.1, 0.15) is 17.5 Å². The normalized spacial score (nSPS) is 11.3. The van der Waals surface area contributed by atoms with Gasteiger partial charge in [0.05, 0.1) is 6.54 Å². The molecule has 0 saturated heterocycles. The fraction of sp³-hybridized carbons (Fsp3) is 0.250. The van der Waals surface area contributed by atoms with Crippen molar-refractivity contribution in [2.45, 2.75) is 26.1 Å². The van der Waals surface area contributed by atoms with Gasteiger partial charge in [-0.15, -0.1) is 24.0 Å². The van der Waals surface area contributed by atoms with Crippen LogP contribution in [0.3, 0.4) is 0 Å². The number of para-hydroxylation sites is 1. The van der Waals surface area contributed by atoms with E-state index in [0.29, 0.717) is 0 Å². The van der Waals surface area contributed by atoms with Gasteiger partial charge >= 0.3 is 0 Å². The number of aliphatic imine (C=N–C) groups is 1. The van der Waals surface area contributed by atoms with Gasteiger partial charge in [0.1, 0.15) is 0 Å². The second-order valence-corrected chi connectivity index (χ2v) is 7.25. The first-order valence-corrected chi connectivity index (χ1v) is 10.4. The molecule has 0 saturated carbocycles. The molecule has 4 aromatic rings. The Morgan fingerprint density at radius 2 is 1.74 bits per heavy atom. The molecule has 31 heavy (non-hydrogen) atoms. The molecule has 0 unspecified atom stereocenters. The number of hydrogen-bond acceptors (Lipinski definition) is 2. The molecule has 0 amide bonds. The molecule has 0 aliphatic carbocycles. The fourth-order valence-electron chi connectivity index (χ4n) is 3.64. The predicted molar refractivity (Wildman–Crippen MR) is 138 cm³/mol. The van der Waals surface area contributed by atoms with Gasteiger partial charge in [-0.05, 0) is 41.1 Å². The zero-order chi connectivity index (χ0) is 20.6. The van der Waals surface area contributed by atoms with Crippen molar-refractivity contribution in [1.82, 2.24) is 25.0 Å². The van der Waals surface area contributed by atoms with Gasteiger partial charge < -0.3 is 15.2 Å². The van der Waals surface area contributed by atoms with E-state index >= 15 is 0 Å². The average Bonchev–Trinajstić information content (AvgIpc) is 3.44. The van der Waals surface area contributed by atoms with Crippen molar-refractivity contribution < 1.29 is 0 Å². The molecular formula is C24H29IN6. The number of guanidine groups is 1. The maximum atomic E-state index is 4.36. The lowest BCUT2D eigenvalue weighted by molar-refractivity contribution is 0.639. The molecule has 0 bridgehead atoms. The van der Waals surface area contributed by atoms with Crippen molar-refractivity contribution in [3.63, 3.8) is 0 Å². The average molecular weight is 528 g/mol. The summed E-state index contributed by atoms with van der Waals surface area (Å²) in [5.41, 5.74) is 3.78. The Bertz CT molecular complexity index is 1100. The molecule has 162 valence electrons. The van der Waals surface area contributed by atoms with E-state index in [1.807, 2.05) is 30.2 Å². The van der Waals surface area contributed by atoms with E-state index in [0.717, 1.165) is 38.6 Å². The highest BCUT2D eigenvalue weighted by Gasteiger charge is 2.05. The van der Waals surface area contributed by atoms with E-state index in [1.165, 1.54) is 22.0 Å². The van der Waals surface area contributed by atoms with Gasteiger partial charge in [-0.2, -0.15) is 5.10 Å². The molecule has 7 heteroatoms. The van der Waals surface area contributed by atoms with E-state index in [4.69, 9.17) is 0 Å². The van der Waals surface area contributed by atoms with Crippen molar-refractivity contribution in [2.24, 2.45) is 4.99 Å². The minimum atomic E-state index is 0. The number of rotatable bonds is 8. The first-order chi connectivity index (χ1) is 14.8. The minimum absolute atomic E-state index is 0. The van der Waals surface area contributed by atoms with Crippen LogP contribution in [0.2, 0.25) is 0 Å². The zero-order valence-electron chi connectivity index (χ0n) is 17.7. The first kappa shape index (κ1) is 22.9. The van der Waals surface area contributed by atoms with Crippen molar-refractivity contribution in [2.75, 3.05) is 13.6 Å². The maximum Gasteiger partial charge on any atom is 0.191 e. The Balaban J connectivity index is 0.00000272. The number of hydrogen-bond donors (Lipinski definition) is 2.